The van der Waals surface area contributed by atoms with Crippen LogP contribution in [0.25, 0.3) is 0 Å². The molecule has 10 heteroatoms. The van der Waals surface area contributed by atoms with Crippen molar-refractivity contribution in [2.75, 3.05) is 18.6 Å². The molecular weight excluding hydrogens is 541 g/mol. The average Bonchev–Trinajstić information content (AvgIpc) is 2.67. The van der Waals surface area contributed by atoms with Gasteiger partial charge < -0.3 is 21.3 Å². The van der Waals surface area contributed by atoms with Crippen molar-refractivity contribution in [3.8, 4) is 0 Å². The molecule has 32 heavy (non-hydrogen) atoms. The van der Waals surface area contributed by atoms with E-state index >= 15 is 0 Å². The number of guanidine groups is 1. The van der Waals surface area contributed by atoms with Crippen LogP contribution in [-0.2, 0) is 22.9 Å². The molecule has 4 N–H and O–H groups in total. The summed E-state index contributed by atoms with van der Waals surface area (Å²) in [6.45, 7) is 6.67. The maximum atomic E-state index is 11.8. The van der Waals surface area contributed by atoms with Crippen molar-refractivity contribution in [2.45, 2.75) is 44.8 Å². The molecule has 2 amide bonds. The number of urea groups is 1. The third-order valence-electron chi connectivity index (χ3n) is 4.41. The van der Waals surface area contributed by atoms with Gasteiger partial charge in [-0.25, -0.2) is 13.2 Å². The summed E-state index contributed by atoms with van der Waals surface area (Å²) < 4.78 is 23.5. The molecule has 0 aliphatic carbocycles. The van der Waals surface area contributed by atoms with Crippen molar-refractivity contribution in [3.63, 3.8) is 0 Å². The first-order valence-electron chi connectivity index (χ1n) is 9.99. The second-order valence-electron chi connectivity index (χ2n) is 7.60. The predicted octanol–water partition coefficient (Wildman–Crippen LogP) is 3.41. The van der Waals surface area contributed by atoms with Gasteiger partial charge >= 0.3 is 6.03 Å². The topological polar surface area (TPSA) is 112 Å². The Morgan fingerprint density at radius 2 is 1.56 bits per heavy atom. The number of aliphatic imine (C=N–C) groups is 1. The smallest absolute Gasteiger partial charge is 0.319 e. The first-order valence-corrected chi connectivity index (χ1v) is 11.9. The summed E-state index contributed by atoms with van der Waals surface area (Å²) in [5, 5.41) is 12.0. The van der Waals surface area contributed by atoms with Crippen molar-refractivity contribution in [3.05, 3.63) is 59.2 Å². The fourth-order valence-electron chi connectivity index (χ4n) is 2.96. The van der Waals surface area contributed by atoms with Crippen LogP contribution in [0.15, 0.2) is 52.4 Å². The molecule has 0 aliphatic heterocycles. The Morgan fingerprint density at radius 3 is 2.06 bits per heavy atom. The van der Waals surface area contributed by atoms with Crippen LogP contribution in [-0.4, -0.2) is 39.8 Å². The Bertz CT molecular complexity index is 1040. The maximum Gasteiger partial charge on any atom is 0.319 e. The summed E-state index contributed by atoms with van der Waals surface area (Å²) >= 11 is 0. The number of sulfone groups is 1. The number of carbonyl (C=O) groups is 1. The second-order valence-corrected chi connectivity index (χ2v) is 9.59. The number of anilines is 1. The molecule has 2 rings (SSSR count). The van der Waals surface area contributed by atoms with Crippen molar-refractivity contribution in [2.24, 2.45) is 4.99 Å². The molecule has 0 saturated heterocycles. The summed E-state index contributed by atoms with van der Waals surface area (Å²) in [7, 11) is -1.54. The van der Waals surface area contributed by atoms with E-state index in [-0.39, 0.29) is 36.0 Å². The highest BCUT2D eigenvalue weighted by Gasteiger charge is 2.11. The van der Waals surface area contributed by atoms with Crippen LogP contribution in [0.5, 0.6) is 0 Å². The van der Waals surface area contributed by atoms with Gasteiger partial charge in [0.15, 0.2) is 15.8 Å². The number of rotatable bonds is 7. The summed E-state index contributed by atoms with van der Waals surface area (Å²) in [5.41, 5.74) is 3.44. The lowest BCUT2D eigenvalue weighted by Crippen LogP contribution is -2.36. The van der Waals surface area contributed by atoms with Gasteiger partial charge in [0.25, 0.3) is 0 Å². The molecule has 0 unspecified atom stereocenters. The number of benzene rings is 2. The van der Waals surface area contributed by atoms with Gasteiger partial charge in [0.2, 0.25) is 0 Å². The highest BCUT2D eigenvalue weighted by Crippen LogP contribution is 2.16. The van der Waals surface area contributed by atoms with Crippen molar-refractivity contribution >= 4 is 51.5 Å². The number of nitrogens with one attached hydrogen (secondary N) is 4. The first kappa shape index (κ1) is 27.7. The van der Waals surface area contributed by atoms with Crippen molar-refractivity contribution < 1.29 is 13.2 Å². The lowest BCUT2D eigenvalue weighted by atomic mass is 10.1. The van der Waals surface area contributed by atoms with Crippen LogP contribution in [0, 0.1) is 6.92 Å². The van der Waals surface area contributed by atoms with Gasteiger partial charge in [-0.1, -0.05) is 24.3 Å². The van der Waals surface area contributed by atoms with E-state index in [0.29, 0.717) is 23.9 Å². The number of halogens is 1. The third kappa shape index (κ3) is 9.03. The number of hydrogen-bond donors (Lipinski definition) is 4. The minimum Gasteiger partial charge on any atom is -0.352 e. The summed E-state index contributed by atoms with van der Waals surface area (Å²) in [6, 6.07) is 12.7. The van der Waals surface area contributed by atoms with Gasteiger partial charge in [0.05, 0.1) is 4.90 Å². The maximum absolute atomic E-state index is 11.8. The van der Waals surface area contributed by atoms with Crippen LogP contribution in [0.3, 0.4) is 0 Å². The number of amides is 2. The Hall–Kier alpha value is -2.34. The van der Waals surface area contributed by atoms with E-state index in [1.165, 1.54) is 6.26 Å². The fraction of sp³-hybridized carbons (Fsp3) is 0.364. The van der Waals surface area contributed by atoms with E-state index in [1.807, 2.05) is 44.2 Å². The van der Waals surface area contributed by atoms with Crippen molar-refractivity contribution in [1.29, 1.82) is 0 Å². The fourth-order valence-corrected chi connectivity index (χ4v) is 3.92. The molecule has 2 aromatic carbocycles. The molecule has 0 bridgehead atoms. The molecule has 0 spiro atoms. The van der Waals surface area contributed by atoms with Gasteiger partial charge in [-0.15, -0.1) is 24.0 Å². The van der Waals surface area contributed by atoms with E-state index in [4.69, 9.17) is 0 Å². The van der Waals surface area contributed by atoms with E-state index in [2.05, 4.69) is 26.3 Å². The van der Waals surface area contributed by atoms with Gasteiger partial charge in [0, 0.05) is 38.1 Å². The molecule has 0 atom stereocenters. The zero-order chi connectivity index (χ0) is 23.0. The SMILES string of the molecule is CN=C(NCc1ccc(NC(=O)NC(C)C)cc1)NCc1ccc(S(C)(=O)=O)c(C)c1.I. The van der Waals surface area contributed by atoms with E-state index in [1.54, 1.807) is 26.1 Å². The highest BCUT2D eigenvalue weighted by atomic mass is 127. The van der Waals surface area contributed by atoms with Gasteiger partial charge in [-0.3, -0.25) is 4.99 Å². The molecule has 0 aliphatic rings. The number of aryl methyl sites for hydroxylation is 1. The molecule has 8 nitrogen and oxygen atoms in total. The molecule has 0 saturated carbocycles. The van der Waals surface area contributed by atoms with Crippen LogP contribution in [0.2, 0.25) is 0 Å². The van der Waals surface area contributed by atoms with E-state index in [9.17, 15) is 13.2 Å². The Kier molecular flexibility index (Phi) is 10.9. The normalized spacial score (nSPS) is 11.5. The first-order chi connectivity index (χ1) is 14.6. The van der Waals surface area contributed by atoms with Gasteiger partial charge in [-0.2, -0.15) is 0 Å². The zero-order valence-corrected chi connectivity index (χ0v) is 22.2. The monoisotopic (exact) mass is 573 g/mol. The van der Waals surface area contributed by atoms with Crippen LogP contribution >= 0.6 is 24.0 Å². The lowest BCUT2D eigenvalue weighted by molar-refractivity contribution is 0.250. The molecule has 0 heterocycles. The van der Waals surface area contributed by atoms with Gasteiger partial charge in [0.1, 0.15) is 0 Å². The number of hydrogen-bond acceptors (Lipinski definition) is 4. The van der Waals surface area contributed by atoms with E-state index in [0.717, 1.165) is 22.4 Å². The molecule has 2 aromatic rings. The average molecular weight is 574 g/mol. The predicted molar refractivity (Wildman–Crippen MR) is 140 cm³/mol. The molecule has 0 radical (unpaired) electrons. The van der Waals surface area contributed by atoms with Crippen LogP contribution in [0.1, 0.15) is 30.5 Å². The van der Waals surface area contributed by atoms with Crippen LogP contribution in [0.4, 0.5) is 10.5 Å². The zero-order valence-electron chi connectivity index (χ0n) is 19.0. The second kappa shape index (κ2) is 12.6. The minimum absolute atomic E-state index is 0. The number of carbonyl (C=O) groups excluding carboxylic acids is 1. The molecular formula is C22H32IN5O3S. The standard InChI is InChI=1S/C22H31N5O3S.HI/c1-15(2)26-22(28)27-19-9-6-17(7-10-19)13-24-21(23-4)25-14-18-8-11-20(16(3)12-18)31(5,29)30;/h6-12,15H,13-14H2,1-5H3,(H2,23,24,25)(H2,26,27,28);1H. The van der Waals surface area contributed by atoms with Crippen molar-refractivity contribution in [1.82, 2.24) is 16.0 Å². The summed E-state index contributed by atoms with van der Waals surface area (Å²) in [6.07, 6.45) is 1.21. The Balaban J connectivity index is 0.00000512. The highest BCUT2D eigenvalue weighted by molar-refractivity contribution is 14.0. The quantitative estimate of drug-likeness (QED) is 0.231. The number of nitrogens with zero attached hydrogens (tertiary/aromatic N) is 1. The van der Waals surface area contributed by atoms with Crippen LogP contribution < -0.4 is 21.3 Å². The molecule has 0 fully saturated rings. The Labute approximate surface area is 207 Å². The summed E-state index contributed by atoms with van der Waals surface area (Å²) in [4.78, 5) is 16.3. The lowest BCUT2D eigenvalue weighted by Gasteiger charge is -2.14. The minimum atomic E-state index is -3.22. The summed E-state index contributed by atoms with van der Waals surface area (Å²) in [5.74, 6) is 0.628. The Morgan fingerprint density at radius 1 is 1.00 bits per heavy atom. The largest absolute Gasteiger partial charge is 0.352 e. The molecule has 0 aromatic heterocycles. The molecule has 176 valence electrons. The third-order valence-corrected chi connectivity index (χ3v) is 5.67. The van der Waals surface area contributed by atoms with E-state index < -0.39 is 9.84 Å². The van der Waals surface area contributed by atoms with Gasteiger partial charge in [-0.05, 0) is 55.7 Å².